The minimum absolute atomic E-state index is 0.0675. The predicted octanol–water partition coefficient (Wildman–Crippen LogP) is 3.89. The predicted molar refractivity (Wildman–Crippen MR) is 154 cm³/mol. The van der Waals surface area contributed by atoms with E-state index in [0.717, 1.165) is 30.5 Å². The Kier molecular flexibility index (Phi) is 6.32. The van der Waals surface area contributed by atoms with Crippen molar-refractivity contribution in [2.45, 2.75) is 44.6 Å². The highest BCUT2D eigenvalue weighted by Crippen LogP contribution is 2.42. The van der Waals surface area contributed by atoms with Gasteiger partial charge in [-0.05, 0) is 49.8 Å². The van der Waals surface area contributed by atoms with Gasteiger partial charge in [-0.1, -0.05) is 24.3 Å². The first-order chi connectivity index (χ1) is 20.3. The minimum atomic E-state index is -0.736. The molecule has 7 rings (SSSR count). The van der Waals surface area contributed by atoms with E-state index in [9.17, 15) is 9.59 Å². The summed E-state index contributed by atoms with van der Waals surface area (Å²) in [7, 11) is 1.47. The lowest BCUT2D eigenvalue weighted by Gasteiger charge is -2.35. The van der Waals surface area contributed by atoms with E-state index in [2.05, 4.69) is 24.0 Å². The highest BCUT2D eigenvalue weighted by Gasteiger charge is 2.33. The number of amides is 2. The first-order valence-corrected chi connectivity index (χ1v) is 14.4. The lowest BCUT2D eigenvalue weighted by Crippen LogP contribution is -2.39. The minimum Gasteiger partial charge on any atom is -0.496 e. The van der Waals surface area contributed by atoms with Gasteiger partial charge in [0.25, 0.3) is 5.91 Å². The Balaban J connectivity index is 1.25. The van der Waals surface area contributed by atoms with Crippen LogP contribution in [0.3, 0.4) is 0 Å². The summed E-state index contributed by atoms with van der Waals surface area (Å²) < 4.78 is 23.0. The number of ether oxygens (including phenoxy) is 1. The van der Waals surface area contributed by atoms with Crippen molar-refractivity contribution in [3.05, 3.63) is 70.9 Å². The van der Waals surface area contributed by atoms with Gasteiger partial charge in [-0.25, -0.2) is 14.5 Å². The summed E-state index contributed by atoms with van der Waals surface area (Å²) in [6, 6.07) is 13.3. The number of methoxy groups -OCH3 is 1. The summed E-state index contributed by atoms with van der Waals surface area (Å²) in [5.74, 6) is -0.627. The molecule has 2 aliphatic heterocycles. The number of nitrogens with two attached hydrogens (primary N) is 1. The molecule has 0 radical (unpaired) electrons. The molecule has 2 amide bonds. The Morgan fingerprint density at radius 2 is 1.88 bits per heavy atom. The van der Waals surface area contributed by atoms with Crippen LogP contribution in [0.2, 0.25) is 0 Å². The zero-order valence-electron chi connectivity index (χ0n) is 23.6. The van der Waals surface area contributed by atoms with Crippen LogP contribution in [-0.4, -0.2) is 63.0 Å². The van der Waals surface area contributed by atoms with Crippen molar-refractivity contribution in [3.63, 3.8) is 0 Å². The number of carbonyl (C=O) groups excluding carboxylic acids is 2. The number of rotatable bonds is 6. The summed E-state index contributed by atoms with van der Waals surface area (Å²) in [5, 5.41) is 4.73. The highest BCUT2D eigenvalue weighted by atomic mass is 19.1. The van der Waals surface area contributed by atoms with Gasteiger partial charge in [0.15, 0.2) is 5.65 Å². The number of nitrogens with zero attached hydrogens (tertiary/aromatic N) is 6. The second-order valence-electron chi connectivity index (χ2n) is 11.4. The molecule has 4 aromatic rings. The van der Waals surface area contributed by atoms with Crippen LogP contribution in [0.1, 0.15) is 65.5 Å². The quantitative estimate of drug-likeness (QED) is 0.350. The Bertz CT molecular complexity index is 1730. The molecular weight excluding hydrogens is 537 g/mol. The van der Waals surface area contributed by atoms with Crippen LogP contribution in [0.25, 0.3) is 16.9 Å². The van der Waals surface area contributed by atoms with E-state index in [1.54, 1.807) is 16.6 Å². The molecule has 2 fully saturated rings. The topological polar surface area (TPSA) is 119 Å². The zero-order chi connectivity index (χ0) is 29.1. The van der Waals surface area contributed by atoms with Crippen LogP contribution < -0.4 is 15.4 Å². The zero-order valence-corrected chi connectivity index (χ0v) is 23.6. The van der Waals surface area contributed by atoms with Gasteiger partial charge in [0.1, 0.15) is 23.0 Å². The number of fused-ring (bicyclic) bond motifs is 2. The van der Waals surface area contributed by atoms with Gasteiger partial charge in [-0.2, -0.15) is 9.49 Å². The molecule has 3 aromatic heterocycles. The number of pyridine rings is 1. The number of halogens is 1. The van der Waals surface area contributed by atoms with E-state index in [1.807, 2.05) is 28.0 Å². The smallest absolute Gasteiger partial charge is 0.273 e. The van der Waals surface area contributed by atoms with Gasteiger partial charge in [-0.15, -0.1) is 0 Å². The van der Waals surface area contributed by atoms with Gasteiger partial charge in [-0.3, -0.25) is 9.59 Å². The van der Waals surface area contributed by atoms with Crippen molar-refractivity contribution in [1.82, 2.24) is 24.5 Å². The average Bonchev–Trinajstić information content (AvgIpc) is 3.54. The van der Waals surface area contributed by atoms with E-state index in [4.69, 9.17) is 20.6 Å². The van der Waals surface area contributed by atoms with Crippen LogP contribution in [0, 0.1) is 11.9 Å². The molecule has 3 aliphatic rings. The summed E-state index contributed by atoms with van der Waals surface area (Å²) >= 11 is 0. The Hall–Kier alpha value is -4.54. The van der Waals surface area contributed by atoms with E-state index in [1.165, 1.54) is 12.7 Å². The van der Waals surface area contributed by atoms with E-state index < -0.39 is 5.95 Å². The van der Waals surface area contributed by atoms with Crippen molar-refractivity contribution < 1.29 is 18.7 Å². The number of carbonyl (C=O) groups is 2. The summed E-state index contributed by atoms with van der Waals surface area (Å²) in [5.41, 5.74) is 10.1. The normalized spacial score (nSPS) is 20.2. The second-order valence-corrected chi connectivity index (χ2v) is 11.4. The number of aromatic nitrogens is 4. The maximum absolute atomic E-state index is 15.7. The average molecular weight is 570 g/mol. The number of benzene rings is 1. The first-order valence-electron chi connectivity index (χ1n) is 14.4. The molecule has 2 N–H and O–H groups in total. The Labute approximate surface area is 242 Å². The summed E-state index contributed by atoms with van der Waals surface area (Å²) in [4.78, 5) is 38.1. The molecule has 42 heavy (non-hydrogen) atoms. The Morgan fingerprint density at radius 1 is 1.07 bits per heavy atom. The van der Waals surface area contributed by atoms with Gasteiger partial charge in [0.2, 0.25) is 11.9 Å². The molecule has 1 aliphatic carbocycles. The maximum Gasteiger partial charge on any atom is 0.273 e. The molecule has 10 nitrogen and oxygen atoms in total. The standard InChI is InChI=1S/C31H32FN7O3/c1-17-21-6-4-3-5-18(21)10-12-38(17)31(41)23-13-24(19-7-8-19)39-27(34-23)14-22(36-39)28-25(42-2)15-26(35-29(28)32)37-11-9-20(16-37)30(33)40/h3-6,13-15,17,19-20H,7-12,16H2,1-2H3,(H2,33,40)/t17-,20+/m1/s1. The Morgan fingerprint density at radius 3 is 2.62 bits per heavy atom. The fourth-order valence-electron chi connectivity index (χ4n) is 6.33. The van der Waals surface area contributed by atoms with Gasteiger partial charge >= 0.3 is 0 Å². The molecule has 11 heteroatoms. The number of anilines is 1. The molecule has 2 atom stereocenters. The van der Waals surface area contributed by atoms with Crippen molar-refractivity contribution >= 4 is 23.3 Å². The molecule has 0 bridgehead atoms. The van der Waals surface area contributed by atoms with Crippen LogP contribution in [-0.2, 0) is 11.2 Å². The third kappa shape index (κ3) is 4.43. The number of hydrogen-bond acceptors (Lipinski definition) is 7. The maximum atomic E-state index is 15.7. The molecule has 5 heterocycles. The van der Waals surface area contributed by atoms with Crippen LogP contribution >= 0.6 is 0 Å². The van der Waals surface area contributed by atoms with Crippen molar-refractivity contribution in [1.29, 1.82) is 0 Å². The lowest BCUT2D eigenvalue weighted by atomic mass is 9.93. The van der Waals surface area contributed by atoms with Crippen molar-refractivity contribution in [2.24, 2.45) is 11.7 Å². The number of hydrogen-bond donors (Lipinski definition) is 1. The molecule has 0 unspecified atom stereocenters. The highest BCUT2D eigenvalue weighted by molar-refractivity contribution is 5.93. The lowest BCUT2D eigenvalue weighted by molar-refractivity contribution is -0.121. The second kappa shape index (κ2) is 10.1. The van der Waals surface area contributed by atoms with Gasteiger partial charge in [0.05, 0.1) is 24.6 Å². The van der Waals surface area contributed by atoms with Crippen LogP contribution in [0.15, 0.2) is 42.5 Å². The van der Waals surface area contributed by atoms with Crippen LogP contribution in [0.5, 0.6) is 5.75 Å². The van der Waals surface area contributed by atoms with E-state index in [0.29, 0.717) is 48.9 Å². The van der Waals surface area contributed by atoms with E-state index >= 15 is 4.39 Å². The molecule has 1 aromatic carbocycles. The fraction of sp³-hybridized carbons (Fsp3) is 0.387. The SMILES string of the molecule is COc1cc(N2CC[C@H](C(N)=O)C2)nc(F)c1-c1cc2nc(C(=O)N3CCc4ccccc4[C@H]3C)cc(C3CC3)n2n1. The summed E-state index contributed by atoms with van der Waals surface area (Å²) in [6.45, 7) is 3.59. The monoisotopic (exact) mass is 569 g/mol. The van der Waals surface area contributed by atoms with Crippen molar-refractivity contribution in [2.75, 3.05) is 31.6 Å². The third-order valence-corrected chi connectivity index (χ3v) is 8.84. The molecule has 216 valence electrons. The summed E-state index contributed by atoms with van der Waals surface area (Å²) in [6.07, 6.45) is 3.37. The largest absolute Gasteiger partial charge is 0.496 e. The van der Waals surface area contributed by atoms with Crippen molar-refractivity contribution in [3.8, 4) is 17.0 Å². The fourth-order valence-corrected chi connectivity index (χ4v) is 6.33. The van der Waals surface area contributed by atoms with Crippen LogP contribution in [0.4, 0.5) is 10.2 Å². The molecule has 1 saturated carbocycles. The third-order valence-electron chi connectivity index (χ3n) is 8.84. The van der Waals surface area contributed by atoms with Gasteiger partial charge in [0, 0.05) is 43.4 Å². The molecular formula is C31H32FN7O3. The molecule has 0 spiro atoms. The van der Waals surface area contributed by atoms with E-state index in [-0.39, 0.29) is 41.0 Å². The first kappa shape index (κ1) is 26.4. The number of primary amides is 1. The van der Waals surface area contributed by atoms with Gasteiger partial charge < -0.3 is 20.3 Å². The molecule has 1 saturated heterocycles.